The molecule has 0 N–H and O–H groups in total. The van der Waals surface area contributed by atoms with Crippen molar-refractivity contribution in [2.75, 3.05) is 0 Å². The van der Waals surface area contributed by atoms with Crippen LogP contribution in [-0.2, 0) is 0 Å². The summed E-state index contributed by atoms with van der Waals surface area (Å²) in [4.78, 5) is 0. The van der Waals surface area contributed by atoms with E-state index < -0.39 is 0 Å². The predicted octanol–water partition coefficient (Wildman–Crippen LogP) is 2.00. The van der Waals surface area contributed by atoms with Crippen molar-refractivity contribution in [3.63, 3.8) is 0 Å². The van der Waals surface area contributed by atoms with Crippen LogP contribution in [0.1, 0.15) is 11.1 Å². The Bertz CT molecular complexity index is 264. The maximum absolute atomic E-state index is 8.41. The summed E-state index contributed by atoms with van der Waals surface area (Å²) in [6.45, 7) is 3.57. The van der Waals surface area contributed by atoms with Crippen molar-refractivity contribution in [3.05, 3.63) is 42.0 Å². The third kappa shape index (κ3) is 1.24. The van der Waals surface area contributed by atoms with E-state index in [0.717, 1.165) is 5.56 Å². The van der Waals surface area contributed by atoms with Gasteiger partial charge in [-0.15, -0.1) is 0 Å². The minimum absolute atomic E-state index is 0.630. The van der Waals surface area contributed by atoms with Crippen molar-refractivity contribution in [2.24, 2.45) is 0 Å². The molecule has 0 saturated carbocycles. The molecule has 0 fully saturated rings. The summed E-state index contributed by atoms with van der Waals surface area (Å²) in [7, 11) is 0. The lowest BCUT2D eigenvalue weighted by Crippen LogP contribution is -1.74. The van der Waals surface area contributed by atoms with Crippen molar-refractivity contribution in [2.45, 2.75) is 0 Å². The maximum atomic E-state index is 8.41. The summed E-state index contributed by atoms with van der Waals surface area (Å²) in [6, 6.07) is 10.1. The highest BCUT2D eigenvalue weighted by molar-refractivity contribution is 5.47. The largest absolute Gasteiger partial charge is 0.192 e. The van der Waals surface area contributed by atoms with Gasteiger partial charge in [0.05, 0.1) is 11.6 Å². The average molecular weight is 128 g/mol. The molecule has 0 heterocycles. The highest BCUT2D eigenvalue weighted by atomic mass is 14.2. The number of nitrogens with zero attached hydrogens (tertiary/aromatic N) is 1. The maximum Gasteiger partial charge on any atom is 0.0991 e. The molecule has 1 rings (SSSR count). The first-order valence-electron chi connectivity index (χ1n) is 2.91. The zero-order chi connectivity index (χ0) is 7.40. The van der Waals surface area contributed by atoms with Crippen LogP contribution < -0.4 is 0 Å². The van der Waals surface area contributed by atoms with Gasteiger partial charge in [0.25, 0.3) is 0 Å². The Morgan fingerprint density at radius 1 is 1.60 bits per heavy atom. The molecule has 0 spiro atoms. The van der Waals surface area contributed by atoms with Crippen molar-refractivity contribution in [3.8, 4) is 6.07 Å². The fourth-order valence-corrected chi connectivity index (χ4v) is 0.633. The second kappa shape index (κ2) is 2.84. The van der Waals surface area contributed by atoms with Crippen molar-refractivity contribution in [1.29, 1.82) is 5.26 Å². The smallest absolute Gasteiger partial charge is 0.0991 e. The molecular weight excluding hydrogens is 122 g/mol. The molecule has 0 amide bonds. The number of benzene rings is 1. The van der Waals surface area contributed by atoms with Gasteiger partial charge in [0.2, 0.25) is 0 Å². The first kappa shape index (κ1) is 6.57. The quantitative estimate of drug-likeness (QED) is 0.567. The summed E-state index contributed by atoms with van der Waals surface area (Å²) in [6.07, 6.45) is 1.70. The third-order valence-corrected chi connectivity index (χ3v) is 1.19. The van der Waals surface area contributed by atoms with Gasteiger partial charge >= 0.3 is 0 Å². The molecule has 1 aromatic rings. The molecule has 1 radical (unpaired) electrons. The van der Waals surface area contributed by atoms with Crippen LogP contribution in [0.4, 0.5) is 0 Å². The summed E-state index contributed by atoms with van der Waals surface area (Å²) >= 11 is 0. The lowest BCUT2D eigenvalue weighted by Gasteiger charge is -1.88. The normalized spacial score (nSPS) is 8.30. The third-order valence-electron chi connectivity index (χ3n) is 1.19. The van der Waals surface area contributed by atoms with Crippen LogP contribution in [-0.4, -0.2) is 0 Å². The molecule has 0 aliphatic rings. The predicted molar refractivity (Wildman–Crippen MR) is 40.1 cm³/mol. The molecule has 0 atom stereocenters. The van der Waals surface area contributed by atoms with Crippen LogP contribution in [0.3, 0.4) is 0 Å². The van der Waals surface area contributed by atoms with Crippen LogP contribution in [0.25, 0.3) is 6.08 Å². The van der Waals surface area contributed by atoms with E-state index in [9.17, 15) is 0 Å². The van der Waals surface area contributed by atoms with Crippen molar-refractivity contribution in [1.82, 2.24) is 0 Å². The molecule has 0 aliphatic heterocycles. The van der Waals surface area contributed by atoms with Gasteiger partial charge in [0.1, 0.15) is 0 Å². The van der Waals surface area contributed by atoms with Gasteiger partial charge in [-0.2, -0.15) is 5.26 Å². The fraction of sp³-hybridized carbons (Fsp3) is 0. The van der Waals surface area contributed by atoms with Gasteiger partial charge in [-0.05, 0) is 23.8 Å². The van der Waals surface area contributed by atoms with E-state index in [1.165, 1.54) is 0 Å². The van der Waals surface area contributed by atoms with Crippen LogP contribution in [0.2, 0.25) is 0 Å². The van der Waals surface area contributed by atoms with Gasteiger partial charge in [-0.25, -0.2) is 0 Å². The van der Waals surface area contributed by atoms with Gasteiger partial charge in [-0.1, -0.05) is 18.7 Å². The Labute approximate surface area is 60.2 Å². The van der Waals surface area contributed by atoms with Crippen LogP contribution in [0.5, 0.6) is 0 Å². The van der Waals surface area contributed by atoms with Crippen molar-refractivity contribution >= 4 is 6.08 Å². The lowest BCUT2D eigenvalue weighted by atomic mass is 10.1. The Balaban J connectivity index is 3.04. The molecule has 0 aliphatic carbocycles. The van der Waals surface area contributed by atoms with Gasteiger partial charge < -0.3 is 0 Å². The Hall–Kier alpha value is -1.55. The van der Waals surface area contributed by atoms with E-state index in [2.05, 4.69) is 12.6 Å². The van der Waals surface area contributed by atoms with E-state index >= 15 is 0 Å². The molecule has 1 heteroatoms. The lowest BCUT2D eigenvalue weighted by molar-refractivity contribution is 1.48. The zero-order valence-corrected chi connectivity index (χ0v) is 5.46. The standard InChI is InChI=1S/C9H6N/c1-2-8-3-5-9(7-10)6-4-8/h2-3,5-6H,1H2. The second-order valence-corrected chi connectivity index (χ2v) is 1.85. The van der Waals surface area contributed by atoms with E-state index in [4.69, 9.17) is 5.26 Å². The topological polar surface area (TPSA) is 23.8 Å². The molecule has 0 bridgehead atoms. The monoisotopic (exact) mass is 128 g/mol. The molecule has 1 nitrogen and oxygen atoms in total. The summed E-state index contributed by atoms with van der Waals surface area (Å²) in [5.74, 6) is 0. The SMILES string of the molecule is C=Cc1[c]cc(C#N)cc1. The highest BCUT2D eigenvalue weighted by Gasteiger charge is 1.87. The number of hydrogen-bond acceptors (Lipinski definition) is 1. The van der Waals surface area contributed by atoms with Crippen LogP contribution in [0.15, 0.2) is 24.8 Å². The van der Waals surface area contributed by atoms with Gasteiger partial charge in [-0.3, -0.25) is 0 Å². The van der Waals surface area contributed by atoms with Crippen LogP contribution in [0, 0.1) is 17.4 Å². The Kier molecular flexibility index (Phi) is 1.86. The second-order valence-electron chi connectivity index (χ2n) is 1.85. The van der Waals surface area contributed by atoms with Gasteiger partial charge in [0, 0.05) is 0 Å². The van der Waals surface area contributed by atoms with E-state index in [-0.39, 0.29) is 0 Å². The first-order chi connectivity index (χ1) is 4.86. The fourth-order valence-electron chi connectivity index (χ4n) is 0.633. The number of nitriles is 1. The highest BCUT2D eigenvalue weighted by Crippen LogP contribution is 2.02. The molecule has 0 aromatic heterocycles. The molecule has 47 valence electrons. The van der Waals surface area contributed by atoms with E-state index in [0.29, 0.717) is 5.56 Å². The molecule has 1 aromatic carbocycles. The van der Waals surface area contributed by atoms with Gasteiger partial charge in [0.15, 0.2) is 0 Å². The number of rotatable bonds is 1. The van der Waals surface area contributed by atoms with E-state index in [1.54, 1.807) is 18.2 Å². The molecule has 0 saturated heterocycles. The Morgan fingerprint density at radius 3 is 2.80 bits per heavy atom. The van der Waals surface area contributed by atoms with Crippen LogP contribution >= 0.6 is 0 Å². The summed E-state index contributed by atoms with van der Waals surface area (Å²) in [5.41, 5.74) is 1.55. The first-order valence-corrected chi connectivity index (χ1v) is 2.91. The minimum Gasteiger partial charge on any atom is -0.192 e. The Morgan fingerprint density at radius 2 is 2.40 bits per heavy atom. The average Bonchev–Trinajstić information content (AvgIpc) is 2.05. The minimum atomic E-state index is 0.630. The summed E-state index contributed by atoms with van der Waals surface area (Å²) < 4.78 is 0. The number of hydrogen-bond donors (Lipinski definition) is 0. The summed E-state index contributed by atoms with van der Waals surface area (Å²) in [5, 5.41) is 8.41. The molecular formula is C9H6N. The molecule has 0 unspecified atom stereocenters. The zero-order valence-electron chi connectivity index (χ0n) is 5.46. The molecule has 10 heavy (non-hydrogen) atoms. The van der Waals surface area contributed by atoms with E-state index in [1.807, 2.05) is 12.1 Å². The van der Waals surface area contributed by atoms with Crippen molar-refractivity contribution < 1.29 is 0 Å².